The molecular formula is C45H29N5. The Hall–Kier alpha value is -6.87. The first kappa shape index (κ1) is 29.3. The molecule has 0 bridgehead atoms. The maximum absolute atomic E-state index is 10.6. The number of hydrogen-bond donors (Lipinski definition) is 0. The highest BCUT2D eigenvalue weighted by Crippen LogP contribution is 2.44. The van der Waals surface area contributed by atoms with Crippen LogP contribution in [0.5, 0.6) is 0 Å². The van der Waals surface area contributed by atoms with E-state index in [0.717, 1.165) is 63.4 Å². The van der Waals surface area contributed by atoms with Gasteiger partial charge >= 0.3 is 0 Å². The predicted molar refractivity (Wildman–Crippen MR) is 200 cm³/mol. The average Bonchev–Trinajstić information content (AvgIpc) is 3.70. The molecule has 7 aromatic rings. The van der Waals surface area contributed by atoms with Crippen molar-refractivity contribution in [3.8, 4) is 35.0 Å². The summed E-state index contributed by atoms with van der Waals surface area (Å²) in [5.41, 5.74) is 12.3. The van der Waals surface area contributed by atoms with Gasteiger partial charge in [-0.15, -0.1) is 0 Å². The highest BCUT2D eigenvalue weighted by Gasteiger charge is 2.26. The maximum atomic E-state index is 10.6. The summed E-state index contributed by atoms with van der Waals surface area (Å²) in [4.78, 5) is 0. The summed E-state index contributed by atoms with van der Waals surface area (Å²) in [7, 11) is 0. The minimum Gasteiger partial charge on any atom is -0.313 e. The molecule has 2 heterocycles. The summed E-state index contributed by atoms with van der Waals surface area (Å²) in [6.07, 6.45) is 14.0. The fraction of sp³-hybridized carbons (Fsp3) is 0.0889. The Labute approximate surface area is 289 Å². The van der Waals surface area contributed by atoms with Crippen LogP contribution in [0.2, 0.25) is 0 Å². The van der Waals surface area contributed by atoms with Crippen molar-refractivity contribution in [2.75, 3.05) is 0 Å². The number of aryl methyl sites for hydroxylation is 1. The van der Waals surface area contributed by atoms with Crippen LogP contribution in [0.25, 0.3) is 61.3 Å². The minimum atomic E-state index is 0.00233. The number of nitriles is 3. The summed E-state index contributed by atoms with van der Waals surface area (Å²) in [6.45, 7) is 0. The van der Waals surface area contributed by atoms with Crippen LogP contribution in [0.4, 0.5) is 0 Å². The number of para-hydroxylation sites is 2. The van der Waals surface area contributed by atoms with Crippen LogP contribution in [0.3, 0.4) is 0 Å². The lowest BCUT2D eigenvalue weighted by Gasteiger charge is -2.25. The van der Waals surface area contributed by atoms with Gasteiger partial charge in [-0.2, -0.15) is 15.8 Å². The van der Waals surface area contributed by atoms with E-state index in [1.165, 1.54) is 27.9 Å². The van der Waals surface area contributed by atoms with Gasteiger partial charge in [0.25, 0.3) is 0 Å². The molecule has 2 aromatic heterocycles. The van der Waals surface area contributed by atoms with Gasteiger partial charge in [0, 0.05) is 44.6 Å². The molecule has 0 spiro atoms. The number of nitrogens with zero attached hydrogens (tertiary/aromatic N) is 5. The topological polar surface area (TPSA) is 81.2 Å². The Morgan fingerprint density at radius 1 is 0.660 bits per heavy atom. The quantitative estimate of drug-likeness (QED) is 0.192. The molecule has 0 fully saturated rings. The molecule has 0 saturated heterocycles. The molecule has 1 atom stereocenters. The van der Waals surface area contributed by atoms with Crippen molar-refractivity contribution in [2.45, 2.75) is 25.2 Å². The molecular weight excluding hydrogens is 611 g/mol. The minimum absolute atomic E-state index is 0.00233. The van der Waals surface area contributed by atoms with Crippen molar-refractivity contribution in [1.29, 1.82) is 15.8 Å². The zero-order chi connectivity index (χ0) is 33.8. The fourth-order valence-corrected chi connectivity index (χ4v) is 8.11. The lowest BCUT2D eigenvalue weighted by molar-refractivity contribution is 0.827. The van der Waals surface area contributed by atoms with Gasteiger partial charge in [0.2, 0.25) is 0 Å². The second kappa shape index (κ2) is 11.7. The van der Waals surface area contributed by atoms with E-state index in [1.807, 2.05) is 60.7 Å². The molecule has 0 saturated carbocycles. The molecule has 1 unspecified atom stereocenters. The van der Waals surface area contributed by atoms with Gasteiger partial charge in [0.15, 0.2) is 0 Å². The monoisotopic (exact) mass is 639 g/mol. The third kappa shape index (κ3) is 4.44. The van der Waals surface area contributed by atoms with E-state index >= 15 is 0 Å². The van der Waals surface area contributed by atoms with E-state index in [0.29, 0.717) is 16.7 Å². The van der Waals surface area contributed by atoms with Gasteiger partial charge in [-0.05, 0) is 91.1 Å². The second-order valence-corrected chi connectivity index (χ2v) is 12.9. The van der Waals surface area contributed by atoms with Gasteiger partial charge in [0.1, 0.15) is 0 Å². The predicted octanol–water partition coefficient (Wildman–Crippen LogP) is 10.6. The van der Waals surface area contributed by atoms with Crippen molar-refractivity contribution < 1.29 is 0 Å². The number of rotatable bonds is 4. The van der Waals surface area contributed by atoms with Crippen LogP contribution in [0, 0.1) is 34.0 Å². The number of allylic oxidation sites excluding steroid dienone is 5. The number of fused-ring (bicyclic) bond motifs is 6. The summed E-state index contributed by atoms with van der Waals surface area (Å²) >= 11 is 0. The molecule has 0 aliphatic heterocycles. The number of aromatic nitrogens is 2. The molecule has 2 aliphatic rings. The van der Waals surface area contributed by atoms with Crippen LogP contribution in [0.15, 0.2) is 127 Å². The van der Waals surface area contributed by atoms with Crippen molar-refractivity contribution in [2.24, 2.45) is 0 Å². The van der Waals surface area contributed by atoms with Gasteiger partial charge < -0.3 is 9.13 Å². The molecule has 0 N–H and O–H groups in total. The third-order valence-corrected chi connectivity index (χ3v) is 10.3. The molecule has 5 nitrogen and oxygen atoms in total. The summed E-state index contributed by atoms with van der Waals surface area (Å²) in [6, 6.07) is 41.4. The van der Waals surface area contributed by atoms with E-state index in [-0.39, 0.29) is 5.92 Å². The molecule has 50 heavy (non-hydrogen) atoms. The van der Waals surface area contributed by atoms with Crippen molar-refractivity contribution in [3.05, 3.63) is 161 Å². The van der Waals surface area contributed by atoms with Crippen LogP contribution in [0.1, 0.15) is 52.3 Å². The summed E-state index contributed by atoms with van der Waals surface area (Å²) in [5, 5.41) is 33.7. The van der Waals surface area contributed by atoms with Crippen molar-refractivity contribution in [3.63, 3.8) is 0 Å². The molecule has 5 aromatic carbocycles. The zero-order valence-electron chi connectivity index (χ0n) is 27.1. The lowest BCUT2D eigenvalue weighted by Crippen LogP contribution is -2.10. The smallest absolute Gasteiger partial charge is 0.0998 e. The Morgan fingerprint density at radius 2 is 1.40 bits per heavy atom. The van der Waals surface area contributed by atoms with Crippen LogP contribution < -0.4 is 0 Å². The Bertz CT molecular complexity index is 2780. The third-order valence-electron chi connectivity index (χ3n) is 10.3. The van der Waals surface area contributed by atoms with Crippen LogP contribution >= 0.6 is 0 Å². The number of hydrogen-bond acceptors (Lipinski definition) is 3. The van der Waals surface area contributed by atoms with E-state index in [2.05, 4.69) is 100 Å². The van der Waals surface area contributed by atoms with E-state index in [1.54, 1.807) is 0 Å². The van der Waals surface area contributed by atoms with Gasteiger partial charge in [-0.25, -0.2) is 0 Å². The highest BCUT2D eigenvalue weighted by atomic mass is 15.0. The van der Waals surface area contributed by atoms with Crippen molar-refractivity contribution in [1.82, 2.24) is 9.13 Å². The molecule has 2 aliphatic carbocycles. The molecule has 9 rings (SSSR count). The van der Waals surface area contributed by atoms with E-state index in [4.69, 9.17) is 0 Å². The largest absolute Gasteiger partial charge is 0.313 e. The summed E-state index contributed by atoms with van der Waals surface area (Å²) < 4.78 is 4.60. The van der Waals surface area contributed by atoms with Gasteiger partial charge in [-0.3, -0.25) is 0 Å². The Balaban J connectivity index is 1.25. The lowest BCUT2D eigenvalue weighted by atomic mass is 9.83. The highest BCUT2D eigenvalue weighted by molar-refractivity contribution is 6.10. The Morgan fingerprint density at radius 3 is 2.22 bits per heavy atom. The van der Waals surface area contributed by atoms with E-state index < -0.39 is 0 Å². The average molecular weight is 640 g/mol. The second-order valence-electron chi connectivity index (χ2n) is 12.9. The summed E-state index contributed by atoms with van der Waals surface area (Å²) in [5.74, 6) is 0.00233. The van der Waals surface area contributed by atoms with Crippen LogP contribution in [-0.2, 0) is 6.42 Å². The standard InChI is InChI=1S/C45H29N5/c46-26-29-20-22-43-39(23-29)37-14-3-6-18-42(37)50(43)44-24-30(27-47)19-21-38(44)45-32(28-48)10-8-15-34(45)31-9-7-11-33(25-31)49-40-16-4-1-12-35(40)36-13-2-5-17-41(36)49/h1,3-12,14-24,31H,2,13,25H2. The van der Waals surface area contributed by atoms with Gasteiger partial charge in [-0.1, -0.05) is 72.8 Å². The van der Waals surface area contributed by atoms with Crippen LogP contribution in [-0.4, -0.2) is 9.13 Å². The molecule has 234 valence electrons. The fourth-order valence-electron chi connectivity index (χ4n) is 8.11. The van der Waals surface area contributed by atoms with Crippen molar-refractivity contribution >= 4 is 44.5 Å². The molecule has 5 heteroatoms. The first-order valence-electron chi connectivity index (χ1n) is 16.9. The SMILES string of the molecule is N#Cc1ccc(-c2c(C#N)cccc2C2C=CC=C(n3c4c(c5ccccc53)CCC=C4)C2)c(-n2c3ccccc3c3cc(C#N)ccc32)c1. The maximum Gasteiger partial charge on any atom is 0.0998 e. The first-order valence-corrected chi connectivity index (χ1v) is 16.9. The zero-order valence-corrected chi connectivity index (χ0v) is 27.1. The van der Waals surface area contributed by atoms with Gasteiger partial charge in [0.05, 0.1) is 57.1 Å². The first-order chi connectivity index (χ1) is 24.7. The number of benzene rings is 5. The normalized spacial score (nSPS) is 15.1. The molecule has 0 radical (unpaired) electrons. The molecule has 0 amide bonds. The Kier molecular flexibility index (Phi) is 6.84. The van der Waals surface area contributed by atoms with E-state index in [9.17, 15) is 15.8 Å².